The van der Waals surface area contributed by atoms with Crippen molar-refractivity contribution >= 4 is 5.91 Å². The summed E-state index contributed by atoms with van der Waals surface area (Å²) in [4.78, 5) is 38.0. The van der Waals surface area contributed by atoms with Gasteiger partial charge in [0.2, 0.25) is 5.91 Å². The van der Waals surface area contributed by atoms with Gasteiger partial charge in [-0.2, -0.15) is 0 Å². The second-order valence-corrected chi connectivity index (χ2v) is 9.04. The fourth-order valence-electron chi connectivity index (χ4n) is 4.30. The topological polar surface area (TPSA) is 86.2 Å². The number of nitrogens with zero attached hydrogens (tertiary/aromatic N) is 2. The second-order valence-electron chi connectivity index (χ2n) is 9.04. The van der Waals surface area contributed by atoms with Crippen LogP contribution in [0.1, 0.15) is 49.0 Å². The molecular formula is C24H27N3O4. The van der Waals surface area contributed by atoms with E-state index in [1.54, 1.807) is 0 Å². The highest BCUT2D eigenvalue weighted by Crippen LogP contribution is 2.41. The van der Waals surface area contributed by atoms with Crippen molar-refractivity contribution < 1.29 is 9.21 Å². The minimum Gasteiger partial charge on any atom is -0.466 e. The summed E-state index contributed by atoms with van der Waals surface area (Å²) in [7, 11) is 0. The molecule has 1 aromatic carbocycles. The lowest BCUT2D eigenvalue weighted by atomic mass is 9.74. The monoisotopic (exact) mass is 421 g/mol. The van der Waals surface area contributed by atoms with E-state index < -0.39 is 11.2 Å². The van der Waals surface area contributed by atoms with Gasteiger partial charge in [0.15, 0.2) is 0 Å². The Morgan fingerprint density at radius 1 is 1.19 bits per heavy atom. The Bertz CT molecular complexity index is 1220. The largest absolute Gasteiger partial charge is 0.466 e. The van der Waals surface area contributed by atoms with Gasteiger partial charge in [0, 0.05) is 24.2 Å². The molecular weight excluding hydrogens is 394 g/mol. The fourth-order valence-corrected chi connectivity index (χ4v) is 4.30. The Morgan fingerprint density at radius 3 is 2.68 bits per heavy atom. The van der Waals surface area contributed by atoms with Crippen LogP contribution in [0.4, 0.5) is 0 Å². The van der Waals surface area contributed by atoms with Crippen LogP contribution >= 0.6 is 0 Å². The number of furan rings is 1. The number of carbonyl (C=O) groups is 1. The first-order valence-corrected chi connectivity index (χ1v) is 10.4. The number of carbonyl (C=O) groups excluding carboxylic acids is 1. The van der Waals surface area contributed by atoms with E-state index in [9.17, 15) is 14.4 Å². The van der Waals surface area contributed by atoms with E-state index in [0.717, 1.165) is 40.1 Å². The summed E-state index contributed by atoms with van der Waals surface area (Å²) in [6.45, 7) is 6.17. The van der Waals surface area contributed by atoms with Crippen LogP contribution in [0.25, 0.3) is 0 Å². The summed E-state index contributed by atoms with van der Waals surface area (Å²) < 4.78 is 8.24. The lowest BCUT2D eigenvalue weighted by molar-refractivity contribution is -0.122. The Hall–Kier alpha value is -3.35. The van der Waals surface area contributed by atoms with Gasteiger partial charge in [-0.05, 0) is 30.4 Å². The van der Waals surface area contributed by atoms with E-state index in [1.165, 1.54) is 16.8 Å². The van der Waals surface area contributed by atoms with Gasteiger partial charge in [-0.25, -0.2) is 4.79 Å². The average Bonchev–Trinajstić information content (AvgIpc) is 3.07. The lowest BCUT2D eigenvalue weighted by Gasteiger charge is -2.34. The Morgan fingerprint density at radius 2 is 1.94 bits per heavy atom. The van der Waals surface area contributed by atoms with Crippen LogP contribution in [-0.2, 0) is 24.3 Å². The van der Waals surface area contributed by atoms with Crippen molar-refractivity contribution in [3.63, 3.8) is 0 Å². The quantitative estimate of drug-likeness (QED) is 0.686. The third-order valence-electron chi connectivity index (χ3n) is 5.71. The molecule has 0 saturated heterocycles. The number of fused-ring (bicyclic) bond motifs is 1. The van der Waals surface area contributed by atoms with Gasteiger partial charge >= 0.3 is 5.69 Å². The maximum atomic E-state index is 12.9. The van der Waals surface area contributed by atoms with Gasteiger partial charge in [-0.1, -0.05) is 44.2 Å². The molecule has 162 valence electrons. The molecule has 2 heterocycles. The number of aromatic nitrogens is 2. The van der Waals surface area contributed by atoms with Crippen LogP contribution in [0.15, 0.2) is 62.7 Å². The molecule has 1 aliphatic carbocycles. The zero-order valence-electron chi connectivity index (χ0n) is 18.1. The van der Waals surface area contributed by atoms with Crippen molar-refractivity contribution in [1.29, 1.82) is 0 Å². The maximum absolute atomic E-state index is 12.9. The van der Waals surface area contributed by atoms with Crippen molar-refractivity contribution in [3.05, 3.63) is 92.1 Å². The molecule has 1 N–H and O–H groups in total. The average molecular weight is 421 g/mol. The van der Waals surface area contributed by atoms with Gasteiger partial charge in [0.25, 0.3) is 5.56 Å². The molecule has 2 aromatic heterocycles. The smallest absolute Gasteiger partial charge is 0.331 e. The number of hydrogen-bond acceptors (Lipinski definition) is 4. The number of benzene rings is 1. The molecule has 0 aliphatic heterocycles. The Kier molecular flexibility index (Phi) is 5.43. The van der Waals surface area contributed by atoms with Gasteiger partial charge in [0.1, 0.15) is 18.1 Å². The molecule has 0 bridgehead atoms. The van der Waals surface area contributed by atoms with E-state index in [4.69, 9.17) is 4.42 Å². The highest BCUT2D eigenvalue weighted by atomic mass is 16.3. The van der Waals surface area contributed by atoms with Crippen LogP contribution in [0, 0.1) is 12.3 Å². The summed E-state index contributed by atoms with van der Waals surface area (Å²) in [6, 6.07) is 12.6. The second kappa shape index (κ2) is 8.06. The number of rotatable bonds is 5. The van der Waals surface area contributed by atoms with Crippen LogP contribution in [0.3, 0.4) is 0 Å². The lowest BCUT2D eigenvalue weighted by Crippen LogP contribution is -2.44. The molecule has 3 aromatic rings. The first kappa shape index (κ1) is 20.9. The van der Waals surface area contributed by atoms with E-state index in [1.807, 2.05) is 43.3 Å². The summed E-state index contributed by atoms with van der Waals surface area (Å²) in [5.74, 6) is 1.33. The van der Waals surface area contributed by atoms with Gasteiger partial charge < -0.3 is 9.73 Å². The molecule has 7 nitrogen and oxygen atoms in total. The number of nitrogens with one attached hydrogen (secondary N) is 1. The summed E-state index contributed by atoms with van der Waals surface area (Å²) >= 11 is 0. The summed E-state index contributed by atoms with van der Waals surface area (Å²) in [5.41, 5.74) is 0.892. The molecule has 1 unspecified atom stereocenters. The molecule has 4 rings (SSSR count). The van der Waals surface area contributed by atoms with Gasteiger partial charge in [-0.15, -0.1) is 0 Å². The first-order valence-electron chi connectivity index (χ1n) is 10.4. The molecule has 0 spiro atoms. The molecule has 0 saturated carbocycles. The van der Waals surface area contributed by atoms with Crippen LogP contribution in [0.2, 0.25) is 0 Å². The molecule has 31 heavy (non-hydrogen) atoms. The summed E-state index contributed by atoms with van der Waals surface area (Å²) in [5, 5.41) is 3.01. The normalized spacial score (nSPS) is 17.2. The van der Waals surface area contributed by atoms with Crippen molar-refractivity contribution in [2.24, 2.45) is 5.41 Å². The highest BCUT2D eigenvalue weighted by molar-refractivity contribution is 5.76. The zero-order valence-corrected chi connectivity index (χ0v) is 18.1. The minimum atomic E-state index is -0.504. The van der Waals surface area contributed by atoms with Crippen molar-refractivity contribution in [2.75, 3.05) is 0 Å². The third kappa shape index (κ3) is 4.55. The van der Waals surface area contributed by atoms with Crippen LogP contribution in [-0.4, -0.2) is 15.0 Å². The maximum Gasteiger partial charge on any atom is 0.331 e. The molecule has 0 radical (unpaired) electrons. The minimum absolute atomic E-state index is 0.0266. The molecule has 1 atom stereocenters. The predicted octanol–water partition coefficient (Wildman–Crippen LogP) is 2.79. The van der Waals surface area contributed by atoms with E-state index in [-0.39, 0.29) is 23.9 Å². The van der Waals surface area contributed by atoms with Gasteiger partial charge in [-0.3, -0.25) is 18.7 Å². The van der Waals surface area contributed by atoms with E-state index in [0.29, 0.717) is 6.54 Å². The van der Waals surface area contributed by atoms with Crippen LogP contribution < -0.4 is 16.6 Å². The third-order valence-corrected chi connectivity index (χ3v) is 5.71. The number of amides is 1. The number of hydrogen-bond donors (Lipinski definition) is 1. The summed E-state index contributed by atoms with van der Waals surface area (Å²) in [6.07, 6.45) is 3.04. The number of aryl methyl sites for hydroxylation is 1. The fraction of sp³-hybridized carbons (Fsp3) is 0.375. The predicted molar refractivity (Wildman–Crippen MR) is 117 cm³/mol. The first-order chi connectivity index (χ1) is 14.7. The van der Waals surface area contributed by atoms with E-state index >= 15 is 0 Å². The molecule has 1 amide bonds. The SMILES string of the molecule is Cc1cc2c(o1)CC(C)(C)CC2NC(=O)Cn1c(=O)ccn(Cc2ccccc2)c1=O. The zero-order chi connectivity index (χ0) is 22.2. The van der Waals surface area contributed by atoms with Crippen LogP contribution in [0.5, 0.6) is 0 Å². The molecule has 7 heteroatoms. The van der Waals surface area contributed by atoms with E-state index in [2.05, 4.69) is 19.2 Å². The van der Waals surface area contributed by atoms with Crippen molar-refractivity contribution in [2.45, 2.75) is 52.7 Å². The standard InChI is InChI=1S/C24H27N3O4/c1-16-11-18-19(12-24(2,3)13-20(18)31-16)25-21(28)15-27-22(29)9-10-26(23(27)30)14-17-7-5-4-6-8-17/h4-11,19H,12-15H2,1-3H3,(H,25,28). The van der Waals surface area contributed by atoms with Crippen molar-refractivity contribution in [3.8, 4) is 0 Å². The Balaban J connectivity index is 1.54. The molecule has 0 fully saturated rings. The highest BCUT2D eigenvalue weighted by Gasteiger charge is 2.35. The Labute approximate surface area is 180 Å². The molecule has 1 aliphatic rings. The van der Waals surface area contributed by atoms with Crippen molar-refractivity contribution in [1.82, 2.24) is 14.5 Å². The van der Waals surface area contributed by atoms with Gasteiger partial charge in [0.05, 0.1) is 12.6 Å².